The van der Waals surface area contributed by atoms with Crippen LogP contribution >= 0.6 is 0 Å². The molecular formula is C19H35FN4O. The van der Waals surface area contributed by atoms with Gasteiger partial charge in [0.2, 0.25) is 0 Å². The maximum absolute atomic E-state index is 15.3. The maximum atomic E-state index is 15.3. The number of likely N-dealkylation sites (N-methyl/N-ethyl adjacent to an activating group) is 1. The monoisotopic (exact) mass is 354 g/mol. The molecule has 4 rings (SSSR count). The molecule has 2 atom stereocenters. The van der Waals surface area contributed by atoms with Crippen LogP contribution in [0.4, 0.5) is 4.39 Å². The van der Waals surface area contributed by atoms with Crippen molar-refractivity contribution in [2.75, 3.05) is 79.7 Å². The third kappa shape index (κ3) is 3.25. The number of ether oxygens (including phenoxy) is 1. The largest absolute Gasteiger partial charge is 0.377 e. The highest BCUT2D eigenvalue weighted by Gasteiger charge is 2.55. The minimum Gasteiger partial charge on any atom is -0.377 e. The van der Waals surface area contributed by atoms with Crippen molar-refractivity contribution in [2.24, 2.45) is 11.3 Å². The summed E-state index contributed by atoms with van der Waals surface area (Å²) in [5, 5.41) is 3.45. The lowest BCUT2D eigenvalue weighted by atomic mass is 9.60. The van der Waals surface area contributed by atoms with Crippen LogP contribution < -0.4 is 5.32 Å². The van der Waals surface area contributed by atoms with Crippen molar-refractivity contribution in [3.8, 4) is 0 Å². The molecule has 1 spiro atoms. The molecule has 25 heavy (non-hydrogen) atoms. The second kappa shape index (κ2) is 7.04. The molecule has 0 aromatic carbocycles. The Morgan fingerprint density at radius 1 is 1.00 bits per heavy atom. The van der Waals surface area contributed by atoms with Crippen molar-refractivity contribution in [3.05, 3.63) is 0 Å². The molecule has 0 radical (unpaired) electrons. The molecule has 144 valence electrons. The normalized spacial score (nSPS) is 37.1. The predicted octanol–water partition coefficient (Wildman–Crippen LogP) is 0.662. The molecule has 2 unspecified atom stereocenters. The van der Waals surface area contributed by atoms with E-state index in [1.54, 1.807) is 0 Å². The molecule has 4 aliphatic heterocycles. The van der Waals surface area contributed by atoms with Crippen LogP contribution in [0.2, 0.25) is 0 Å². The average Bonchev–Trinajstić information content (AvgIpc) is 2.57. The van der Waals surface area contributed by atoms with Gasteiger partial charge in [-0.25, -0.2) is 4.39 Å². The van der Waals surface area contributed by atoms with E-state index in [1.165, 1.54) is 0 Å². The fourth-order valence-corrected chi connectivity index (χ4v) is 5.73. The van der Waals surface area contributed by atoms with Crippen LogP contribution in [-0.4, -0.2) is 106 Å². The fourth-order valence-electron chi connectivity index (χ4n) is 5.73. The highest BCUT2D eigenvalue weighted by molar-refractivity contribution is 5.07. The Kier molecular flexibility index (Phi) is 5.10. The van der Waals surface area contributed by atoms with Gasteiger partial charge in [-0.1, -0.05) is 0 Å². The van der Waals surface area contributed by atoms with E-state index >= 15 is 4.39 Å². The third-order valence-electron chi connectivity index (χ3n) is 7.52. The Hall–Kier alpha value is -0.270. The zero-order valence-electron chi connectivity index (χ0n) is 16.0. The first-order valence-corrected chi connectivity index (χ1v) is 10.1. The predicted molar refractivity (Wildman–Crippen MR) is 97.7 cm³/mol. The quantitative estimate of drug-likeness (QED) is 0.805. The van der Waals surface area contributed by atoms with E-state index in [9.17, 15) is 0 Å². The molecule has 0 saturated carbocycles. The standard InChI is InChI=1S/C19H35FN4O/c1-22-7-9-24(10-8-22)18(14-25-15-18)11-16-12-23(2)13-17(20)19(16)3-5-21-6-4-19/h16-17,21H,3-15H2,1-2H3. The highest BCUT2D eigenvalue weighted by Crippen LogP contribution is 2.49. The average molecular weight is 355 g/mol. The van der Waals surface area contributed by atoms with Crippen molar-refractivity contribution < 1.29 is 9.13 Å². The minimum atomic E-state index is -0.691. The van der Waals surface area contributed by atoms with Crippen LogP contribution in [0.1, 0.15) is 19.3 Å². The Morgan fingerprint density at radius 2 is 1.68 bits per heavy atom. The lowest BCUT2D eigenvalue weighted by Crippen LogP contribution is -2.68. The number of halogens is 1. The third-order valence-corrected chi connectivity index (χ3v) is 7.52. The van der Waals surface area contributed by atoms with Gasteiger partial charge in [0.15, 0.2) is 0 Å². The molecule has 0 aromatic rings. The van der Waals surface area contributed by atoms with Crippen molar-refractivity contribution in [1.29, 1.82) is 0 Å². The van der Waals surface area contributed by atoms with Gasteiger partial charge in [0.1, 0.15) is 6.17 Å². The smallest absolute Gasteiger partial charge is 0.119 e. The van der Waals surface area contributed by atoms with E-state index < -0.39 is 6.17 Å². The highest BCUT2D eigenvalue weighted by atomic mass is 19.1. The number of likely N-dealkylation sites (tertiary alicyclic amines) is 1. The van der Waals surface area contributed by atoms with Gasteiger partial charge in [-0.15, -0.1) is 0 Å². The van der Waals surface area contributed by atoms with Crippen molar-refractivity contribution in [3.63, 3.8) is 0 Å². The first-order chi connectivity index (χ1) is 12.0. The lowest BCUT2D eigenvalue weighted by molar-refractivity contribution is -0.176. The van der Waals surface area contributed by atoms with Gasteiger partial charge < -0.3 is 19.9 Å². The number of rotatable bonds is 3. The maximum Gasteiger partial charge on any atom is 0.119 e. The number of hydrogen-bond donors (Lipinski definition) is 1. The molecule has 4 saturated heterocycles. The van der Waals surface area contributed by atoms with Gasteiger partial charge in [-0.05, 0) is 52.4 Å². The van der Waals surface area contributed by atoms with Gasteiger partial charge in [-0.3, -0.25) is 4.90 Å². The summed E-state index contributed by atoms with van der Waals surface area (Å²) < 4.78 is 21.0. The first kappa shape index (κ1) is 18.1. The molecule has 4 fully saturated rings. The molecule has 0 aliphatic carbocycles. The number of piperazine rings is 1. The van der Waals surface area contributed by atoms with Gasteiger partial charge in [-0.2, -0.15) is 0 Å². The summed E-state index contributed by atoms with van der Waals surface area (Å²) in [5.74, 6) is 0.437. The molecule has 0 aromatic heterocycles. The van der Waals surface area contributed by atoms with Gasteiger partial charge in [0.25, 0.3) is 0 Å². The van der Waals surface area contributed by atoms with Gasteiger partial charge in [0.05, 0.1) is 18.8 Å². The lowest BCUT2D eigenvalue weighted by Gasteiger charge is -2.58. The zero-order chi connectivity index (χ0) is 17.5. The number of nitrogens with zero attached hydrogens (tertiary/aromatic N) is 3. The summed E-state index contributed by atoms with van der Waals surface area (Å²) in [6.07, 6.45) is 2.39. The van der Waals surface area contributed by atoms with E-state index in [0.717, 1.165) is 78.3 Å². The Balaban J connectivity index is 1.53. The molecule has 0 amide bonds. The summed E-state index contributed by atoms with van der Waals surface area (Å²) >= 11 is 0. The number of nitrogens with one attached hydrogen (secondary N) is 1. The molecule has 4 heterocycles. The molecule has 0 bridgehead atoms. The Morgan fingerprint density at radius 3 is 2.28 bits per heavy atom. The molecule has 1 N–H and O–H groups in total. The topological polar surface area (TPSA) is 31.0 Å². The van der Waals surface area contributed by atoms with E-state index in [4.69, 9.17) is 4.74 Å². The summed E-state index contributed by atoms with van der Waals surface area (Å²) in [6, 6.07) is 0. The SMILES string of the molecule is CN1CCN(C2(CC3CN(C)CC(F)C34CCNCC4)COC2)CC1. The second-order valence-corrected chi connectivity index (χ2v) is 9.08. The number of piperidine rings is 2. The molecular weight excluding hydrogens is 319 g/mol. The van der Waals surface area contributed by atoms with Crippen molar-refractivity contribution >= 4 is 0 Å². The summed E-state index contributed by atoms with van der Waals surface area (Å²) in [4.78, 5) is 7.29. The summed E-state index contributed by atoms with van der Waals surface area (Å²) in [5.41, 5.74) is 0.0363. The molecule has 4 aliphatic rings. The van der Waals surface area contributed by atoms with Crippen LogP contribution in [0.3, 0.4) is 0 Å². The van der Waals surface area contributed by atoms with Crippen LogP contribution in [0.5, 0.6) is 0 Å². The zero-order valence-corrected chi connectivity index (χ0v) is 16.0. The molecule has 5 nitrogen and oxygen atoms in total. The van der Waals surface area contributed by atoms with Crippen LogP contribution in [0.25, 0.3) is 0 Å². The van der Waals surface area contributed by atoms with E-state index in [2.05, 4.69) is 34.1 Å². The van der Waals surface area contributed by atoms with Crippen molar-refractivity contribution in [2.45, 2.75) is 31.0 Å². The first-order valence-electron chi connectivity index (χ1n) is 10.1. The minimum absolute atomic E-state index is 0.118. The summed E-state index contributed by atoms with van der Waals surface area (Å²) in [7, 11) is 4.29. The number of alkyl halides is 1. The van der Waals surface area contributed by atoms with Gasteiger partial charge in [0, 0.05) is 44.7 Å². The Bertz CT molecular complexity index is 458. The molecule has 6 heteroatoms. The number of hydrogen-bond acceptors (Lipinski definition) is 5. The van der Waals surface area contributed by atoms with Crippen LogP contribution in [0, 0.1) is 11.3 Å². The van der Waals surface area contributed by atoms with E-state index in [0.29, 0.717) is 12.5 Å². The van der Waals surface area contributed by atoms with Crippen LogP contribution in [0.15, 0.2) is 0 Å². The van der Waals surface area contributed by atoms with E-state index in [1.807, 2.05) is 0 Å². The Labute approximate surface area is 151 Å². The second-order valence-electron chi connectivity index (χ2n) is 9.08. The van der Waals surface area contributed by atoms with E-state index in [-0.39, 0.29) is 11.0 Å². The van der Waals surface area contributed by atoms with Gasteiger partial charge >= 0.3 is 0 Å². The van der Waals surface area contributed by atoms with Crippen LogP contribution in [-0.2, 0) is 4.74 Å². The van der Waals surface area contributed by atoms with Crippen molar-refractivity contribution in [1.82, 2.24) is 20.0 Å². The summed E-state index contributed by atoms with van der Waals surface area (Å²) in [6.45, 7) is 9.76. The fraction of sp³-hybridized carbons (Fsp3) is 1.00.